The van der Waals surface area contributed by atoms with Gasteiger partial charge in [0.05, 0.1) is 6.10 Å². The maximum atomic E-state index is 12.6. The van der Waals surface area contributed by atoms with E-state index in [1.165, 1.54) is 18.2 Å². The molecule has 1 N–H and O–H groups in total. The fourth-order valence-electron chi connectivity index (χ4n) is 1.81. The smallest absolute Gasteiger partial charge is 0.263 e. The lowest BCUT2D eigenvalue weighted by molar-refractivity contribution is 0.149. The minimum absolute atomic E-state index is 0.0797. The van der Waals surface area contributed by atoms with E-state index in [9.17, 15) is 13.9 Å². The highest BCUT2D eigenvalue weighted by Crippen LogP contribution is 2.24. The summed E-state index contributed by atoms with van der Waals surface area (Å²) in [6.07, 6.45) is 0.270. The van der Waals surface area contributed by atoms with Crippen LogP contribution in [0.4, 0.5) is 8.78 Å². The average Bonchev–Trinajstić information content (AvgIpc) is 2.39. The topological polar surface area (TPSA) is 33.1 Å². The molecule has 2 aromatic rings. The van der Waals surface area contributed by atoms with Crippen LogP contribution in [0, 0.1) is 0 Å². The van der Waals surface area contributed by atoms with Crippen molar-refractivity contribution in [1.29, 1.82) is 0 Å². The van der Waals surface area contributed by atoms with Crippen molar-refractivity contribution in [2.45, 2.75) is 19.0 Å². The highest BCUT2D eigenvalue weighted by Gasteiger charge is 2.13. The lowest BCUT2D eigenvalue weighted by Crippen LogP contribution is -2.03. The molecular formula is C14H12BrF2NO. The van der Waals surface area contributed by atoms with Crippen LogP contribution < -0.4 is 0 Å². The van der Waals surface area contributed by atoms with E-state index in [-0.39, 0.29) is 5.56 Å². The third kappa shape index (κ3) is 3.81. The van der Waals surface area contributed by atoms with Gasteiger partial charge in [-0.3, -0.25) is 4.98 Å². The van der Waals surface area contributed by atoms with Crippen LogP contribution in [0.15, 0.2) is 47.2 Å². The Morgan fingerprint density at radius 2 is 1.89 bits per heavy atom. The number of aliphatic hydroxyl groups is 1. The van der Waals surface area contributed by atoms with Crippen LogP contribution in [0.2, 0.25) is 0 Å². The molecule has 2 nitrogen and oxygen atoms in total. The third-order valence-electron chi connectivity index (χ3n) is 2.74. The van der Waals surface area contributed by atoms with Crippen molar-refractivity contribution in [3.63, 3.8) is 0 Å². The second-order valence-corrected chi connectivity index (χ2v) is 5.12. The summed E-state index contributed by atoms with van der Waals surface area (Å²) in [5.74, 6) is 0. The zero-order valence-electron chi connectivity index (χ0n) is 9.93. The van der Waals surface area contributed by atoms with Crippen LogP contribution in [0.5, 0.6) is 0 Å². The van der Waals surface area contributed by atoms with Crippen LogP contribution in [0.1, 0.15) is 29.2 Å². The Morgan fingerprint density at radius 1 is 1.16 bits per heavy atom. The van der Waals surface area contributed by atoms with Gasteiger partial charge in [0.25, 0.3) is 6.43 Å². The van der Waals surface area contributed by atoms with E-state index < -0.39 is 12.5 Å². The molecule has 19 heavy (non-hydrogen) atoms. The second-order valence-electron chi connectivity index (χ2n) is 4.20. The molecule has 0 aliphatic carbocycles. The standard InChI is InChI=1S/C14H12BrF2NO/c15-12-4-9(7-18-8-12)5-13(19)10-2-1-3-11(6-10)14(16)17/h1-4,6-8,13-14,19H,5H2. The molecule has 0 saturated carbocycles. The minimum atomic E-state index is -2.53. The lowest BCUT2D eigenvalue weighted by atomic mass is 10.0. The van der Waals surface area contributed by atoms with Crippen LogP contribution in [-0.2, 0) is 6.42 Å². The number of aliphatic hydroxyl groups excluding tert-OH is 1. The molecule has 1 aromatic heterocycles. The Labute approximate surface area is 118 Å². The molecular weight excluding hydrogens is 316 g/mol. The normalized spacial score (nSPS) is 12.7. The van der Waals surface area contributed by atoms with Crippen LogP contribution in [0.25, 0.3) is 0 Å². The molecule has 0 spiro atoms. The van der Waals surface area contributed by atoms with E-state index in [4.69, 9.17) is 0 Å². The molecule has 0 aliphatic rings. The van der Waals surface area contributed by atoms with Gasteiger partial charge in [-0.2, -0.15) is 0 Å². The summed E-state index contributed by atoms with van der Waals surface area (Å²) in [5, 5.41) is 10.1. The molecule has 0 saturated heterocycles. The summed E-state index contributed by atoms with van der Waals surface area (Å²) in [7, 11) is 0. The quantitative estimate of drug-likeness (QED) is 0.918. The molecule has 0 fully saturated rings. The maximum Gasteiger partial charge on any atom is 0.263 e. The lowest BCUT2D eigenvalue weighted by Gasteiger charge is -2.12. The van der Waals surface area contributed by atoms with E-state index in [1.807, 2.05) is 6.07 Å². The molecule has 5 heteroatoms. The highest BCUT2D eigenvalue weighted by atomic mass is 79.9. The van der Waals surface area contributed by atoms with E-state index in [0.29, 0.717) is 12.0 Å². The zero-order chi connectivity index (χ0) is 13.8. The van der Waals surface area contributed by atoms with E-state index >= 15 is 0 Å². The number of hydrogen-bond donors (Lipinski definition) is 1. The second kappa shape index (κ2) is 6.21. The summed E-state index contributed by atoms with van der Waals surface area (Å²) in [4.78, 5) is 4.00. The van der Waals surface area contributed by atoms with Crippen molar-refractivity contribution in [3.05, 3.63) is 63.9 Å². The summed E-state index contributed by atoms with van der Waals surface area (Å²) in [6.45, 7) is 0. The van der Waals surface area contributed by atoms with E-state index in [2.05, 4.69) is 20.9 Å². The first-order valence-corrected chi connectivity index (χ1v) is 6.51. The number of nitrogens with zero attached hydrogens (tertiary/aromatic N) is 1. The first-order chi connectivity index (χ1) is 9.06. The highest BCUT2D eigenvalue weighted by molar-refractivity contribution is 9.10. The van der Waals surface area contributed by atoms with Gasteiger partial charge in [0, 0.05) is 28.9 Å². The molecule has 0 bridgehead atoms. The zero-order valence-corrected chi connectivity index (χ0v) is 11.5. The summed E-state index contributed by atoms with van der Waals surface area (Å²) >= 11 is 3.30. The number of hydrogen-bond acceptors (Lipinski definition) is 2. The van der Waals surface area contributed by atoms with Crippen molar-refractivity contribution in [2.75, 3.05) is 0 Å². The molecule has 2 rings (SSSR count). The number of aromatic nitrogens is 1. The molecule has 1 unspecified atom stereocenters. The van der Waals surface area contributed by atoms with Crippen LogP contribution >= 0.6 is 15.9 Å². The Morgan fingerprint density at radius 3 is 2.58 bits per heavy atom. The predicted octanol–water partition coefficient (Wildman–Crippen LogP) is 4.06. The number of rotatable bonds is 4. The van der Waals surface area contributed by atoms with Gasteiger partial charge in [-0.1, -0.05) is 18.2 Å². The van der Waals surface area contributed by atoms with Gasteiger partial charge in [-0.25, -0.2) is 8.78 Å². The molecule has 1 heterocycles. The third-order valence-corrected chi connectivity index (χ3v) is 3.17. The molecule has 1 atom stereocenters. The Balaban J connectivity index is 2.15. The van der Waals surface area contributed by atoms with E-state index in [0.717, 1.165) is 10.0 Å². The summed E-state index contributed by atoms with van der Waals surface area (Å²) in [5.41, 5.74) is 1.24. The fourth-order valence-corrected chi connectivity index (χ4v) is 2.22. The van der Waals surface area contributed by atoms with Gasteiger partial charge in [0.1, 0.15) is 0 Å². The number of alkyl halides is 2. The number of pyridine rings is 1. The van der Waals surface area contributed by atoms with Crippen molar-refractivity contribution < 1.29 is 13.9 Å². The van der Waals surface area contributed by atoms with Gasteiger partial charge >= 0.3 is 0 Å². The summed E-state index contributed by atoms with van der Waals surface area (Å²) < 4.78 is 26.0. The predicted molar refractivity (Wildman–Crippen MR) is 72.0 cm³/mol. The van der Waals surface area contributed by atoms with Crippen molar-refractivity contribution in [1.82, 2.24) is 4.98 Å². The van der Waals surface area contributed by atoms with Crippen molar-refractivity contribution in [2.24, 2.45) is 0 Å². The SMILES string of the molecule is OC(Cc1cncc(Br)c1)c1cccc(C(F)F)c1. The van der Waals surface area contributed by atoms with Crippen molar-refractivity contribution in [3.8, 4) is 0 Å². The maximum absolute atomic E-state index is 12.6. The van der Waals surface area contributed by atoms with Gasteiger partial charge in [-0.05, 0) is 39.2 Å². The Hall–Kier alpha value is -1.33. The average molecular weight is 328 g/mol. The summed E-state index contributed by atoms with van der Waals surface area (Å²) in [6, 6.07) is 7.69. The molecule has 1 aromatic carbocycles. The van der Waals surface area contributed by atoms with Crippen LogP contribution in [-0.4, -0.2) is 10.1 Å². The van der Waals surface area contributed by atoms with E-state index in [1.54, 1.807) is 18.5 Å². The van der Waals surface area contributed by atoms with Gasteiger partial charge in [0.2, 0.25) is 0 Å². The first-order valence-electron chi connectivity index (χ1n) is 5.72. The van der Waals surface area contributed by atoms with Gasteiger partial charge < -0.3 is 5.11 Å². The fraction of sp³-hybridized carbons (Fsp3) is 0.214. The first kappa shape index (κ1) is 14.1. The van der Waals surface area contributed by atoms with Crippen LogP contribution in [0.3, 0.4) is 0 Å². The molecule has 100 valence electrons. The minimum Gasteiger partial charge on any atom is -0.388 e. The molecule has 0 aliphatic heterocycles. The number of benzene rings is 1. The number of halogens is 3. The Kier molecular flexibility index (Phi) is 4.61. The molecule has 0 amide bonds. The molecule has 0 radical (unpaired) electrons. The van der Waals surface area contributed by atoms with Gasteiger partial charge in [0.15, 0.2) is 0 Å². The van der Waals surface area contributed by atoms with Gasteiger partial charge in [-0.15, -0.1) is 0 Å². The Bertz CT molecular complexity index is 563. The monoisotopic (exact) mass is 327 g/mol. The largest absolute Gasteiger partial charge is 0.388 e. The van der Waals surface area contributed by atoms with Crippen molar-refractivity contribution >= 4 is 15.9 Å².